The molecule has 0 radical (unpaired) electrons. The van der Waals surface area contributed by atoms with Crippen molar-refractivity contribution in [1.82, 2.24) is 0 Å². The average molecular weight is 518 g/mol. The van der Waals surface area contributed by atoms with Gasteiger partial charge in [0.15, 0.2) is 0 Å². The van der Waals surface area contributed by atoms with Crippen molar-refractivity contribution in [2.45, 2.75) is 72.6 Å². The molecule has 198 valence electrons. The summed E-state index contributed by atoms with van der Waals surface area (Å²) in [4.78, 5) is 15.1. The van der Waals surface area contributed by atoms with Crippen molar-refractivity contribution < 1.29 is 27.9 Å². The van der Waals surface area contributed by atoms with E-state index in [0.717, 1.165) is 55.0 Å². The molecule has 1 fully saturated rings. The van der Waals surface area contributed by atoms with E-state index in [4.69, 9.17) is 18.5 Å². The van der Waals surface area contributed by atoms with Crippen molar-refractivity contribution in [3.05, 3.63) is 47.5 Å². The van der Waals surface area contributed by atoms with Gasteiger partial charge in [-0.3, -0.25) is 4.57 Å². The predicted octanol–water partition coefficient (Wildman–Crippen LogP) is 6.12. The van der Waals surface area contributed by atoms with E-state index in [9.17, 15) is 9.36 Å². The van der Waals surface area contributed by atoms with Crippen LogP contribution in [0.2, 0.25) is 0 Å². The molecule has 1 saturated heterocycles. The van der Waals surface area contributed by atoms with E-state index in [-0.39, 0.29) is 18.2 Å². The summed E-state index contributed by atoms with van der Waals surface area (Å²) in [5, 5.41) is 0.506. The zero-order valence-electron chi connectivity index (χ0n) is 22.6. The molecule has 7 nitrogen and oxygen atoms in total. The number of ether oxygens (including phenoxy) is 2. The third-order valence-electron chi connectivity index (χ3n) is 6.28. The van der Waals surface area contributed by atoms with Gasteiger partial charge in [0, 0.05) is 31.5 Å². The van der Waals surface area contributed by atoms with Gasteiger partial charge in [0.25, 0.3) is 0 Å². The first-order chi connectivity index (χ1) is 17.1. The topological polar surface area (TPSA) is 74.3 Å². The monoisotopic (exact) mass is 517 g/mol. The number of carbonyl (C=O) groups excluding carboxylic acids is 1. The van der Waals surface area contributed by atoms with Crippen LogP contribution in [0, 0.1) is 6.92 Å². The van der Waals surface area contributed by atoms with Gasteiger partial charge in [-0.05, 0) is 95.3 Å². The molecule has 0 unspecified atom stereocenters. The summed E-state index contributed by atoms with van der Waals surface area (Å²) in [5.41, 5.74) is 4.24. The second-order valence-electron chi connectivity index (χ2n) is 9.64. The molecule has 0 spiro atoms. The Labute approximate surface area is 215 Å². The molecule has 3 rings (SSSR count). The standard InChI is InChI=1S/C28H40NO6P/c1-8-29(24-13-15-33-16-14-24)27-18-23(17-26(21(27)6)28(30)32-7)22-9-11-25(12-10-22)36(31,34-19(2)3)35-20(4)5/h9-12,17-20,24H,8,13-16H2,1-7H3. The lowest BCUT2D eigenvalue weighted by Gasteiger charge is -2.37. The largest absolute Gasteiger partial charge is 0.465 e. The van der Waals surface area contributed by atoms with Gasteiger partial charge in [0.2, 0.25) is 0 Å². The van der Waals surface area contributed by atoms with Crippen LogP contribution in [0.5, 0.6) is 0 Å². The Morgan fingerprint density at radius 3 is 2.11 bits per heavy atom. The summed E-state index contributed by atoms with van der Waals surface area (Å²) < 4.78 is 35.7. The van der Waals surface area contributed by atoms with Gasteiger partial charge in [-0.1, -0.05) is 12.1 Å². The number of nitrogens with zero attached hydrogens (tertiary/aromatic N) is 1. The number of hydrogen-bond donors (Lipinski definition) is 0. The fourth-order valence-electron chi connectivity index (χ4n) is 4.65. The lowest BCUT2D eigenvalue weighted by atomic mass is 9.95. The Balaban J connectivity index is 2.06. The summed E-state index contributed by atoms with van der Waals surface area (Å²) in [7, 11) is -2.07. The summed E-state index contributed by atoms with van der Waals surface area (Å²) in [6.07, 6.45) is 1.39. The van der Waals surface area contributed by atoms with E-state index in [2.05, 4.69) is 17.9 Å². The molecule has 2 aromatic rings. The number of methoxy groups -OCH3 is 1. The van der Waals surface area contributed by atoms with Crippen LogP contribution in [0.1, 0.15) is 63.4 Å². The predicted molar refractivity (Wildman–Crippen MR) is 144 cm³/mol. The summed E-state index contributed by atoms with van der Waals surface area (Å²) in [5.74, 6) is -0.365. The Bertz CT molecular complexity index is 1060. The van der Waals surface area contributed by atoms with E-state index in [1.165, 1.54) is 7.11 Å². The van der Waals surface area contributed by atoms with Crippen molar-refractivity contribution in [2.75, 3.05) is 31.8 Å². The fraction of sp³-hybridized carbons (Fsp3) is 0.536. The summed E-state index contributed by atoms with van der Waals surface area (Å²) in [6, 6.07) is 11.7. The smallest absolute Gasteiger partial charge is 0.361 e. The van der Waals surface area contributed by atoms with Crippen molar-refractivity contribution >= 4 is 24.6 Å². The molecule has 36 heavy (non-hydrogen) atoms. The average Bonchev–Trinajstić information content (AvgIpc) is 2.84. The number of benzene rings is 2. The maximum Gasteiger partial charge on any atom is 0.361 e. The van der Waals surface area contributed by atoms with Crippen LogP contribution in [0.3, 0.4) is 0 Å². The van der Waals surface area contributed by atoms with E-state index >= 15 is 0 Å². The van der Waals surface area contributed by atoms with Gasteiger partial charge in [-0.2, -0.15) is 0 Å². The van der Waals surface area contributed by atoms with Gasteiger partial charge in [0.05, 0.1) is 30.2 Å². The first kappa shape index (κ1) is 28.4. The first-order valence-electron chi connectivity index (χ1n) is 12.7. The van der Waals surface area contributed by atoms with Crippen LogP contribution >= 0.6 is 7.60 Å². The highest BCUT2D eigenvalue weighted by Crippen LogP contribution is 2.49. The van der Waals surface area contributed by atoms with Gasteiger partial charge < -0.3 is 23.4 Å². The van der Waals surface area contributed by atoms with Crippen LogP contribution in [-0.2, 0) is 23.1 Å². The Morgan fingerprint density at radius 2 is 1.61 bits per heavy atom. The van der Waals surface area contributed by atoms with Crippen LogP contribution in [0.4, 0.5) is 5.69 Å². The molecule has 2 aromatic carbocycles. The number of carbonyl (C=O) groups is 1. The number of hydrogen-bond acceptors (Lipinski definition) is 7. The Hall–Kier alpha value is -2.18. The van der Waals surface area contributed by atoms with Crippen molar-refractivity contribution in [3.63, 3.8) is 0 Å². The minimum Gasteiger partial charge on any atom is -0.465 e. The number of esters is 1. The molecule has 0 N–H and O–H groups in total. The van der Waals surface area contributed by atoms with Gasteiger partial charge in [-0.25, -0.2) is 4.79 Å². The molecule has 0 saturated carbocycles. The highest BCUT2D eigenvalue weighted by atomic mass is 31.2. The number of rotatable bonds is 10. The maximum absolute atomic E-state index is 13.5. The molecule has 0 amide bonds. The van der Waals surface area contributed by atoms with Crippen LogP contribution in [-0.4, -0.2) is 51.1 Å². The Morgan fingerprint density at radius 1 is 1.03 bits per heavy atom. The quantitative estimate of drug-likeness (QED) is 0.278. The zero-order valence-corrected chi connectivity index (χ0v) is 23.5. The van der Waals surface area contributed by atoms with Gasteiger partial charge in [-0.15, -0.1) is 0 Å². The van der Waals surface area contributed by atoms with Crippen molar-refractivity contribution in [1.29, 1.82) is 0 Å². The molecule has 1 aliphatic heterocycles. The molecule has 0 aliphatic carbocycles. The third kappa shape index (κ3) is 6.57. The lowest BCUT2D eigenvalue weighted by molar-refractivity contribution is 0.0599. The SMILES string of the molecule is CCN(c1cc(-c2ccc(P(=O)(OC(C)C)OC(C)C)cc2)cc(C(=O)OC)c1C)C1CCOCC1. The van der Waals surface area contributed by atoms with Crippen molar-refractivity contribution in [3.8, 4) is 11.1 Å². The molecule has 0 aromatic heterocycles. The molecular formula is C28H40NO6P. The van der Waals surface area contributed by atoms with Crippen LogP contribution < -0.4 is 10.2 Å². The molecule has 0 bridgehead atoms. The minimum absolute atomic E-state index is 0.248. The minimum atomic E-state index is -3.48. The first-order valence-corrected chi connectivity index (χ1v) is 14.3. The van der Waals surface area contributed by atoms with Gasteiger partial charge in [0.1, 0.15) is 0 Å². The number of anilines is 1. The lowest BCUT2D eigenvalue weighted by Crippen LogP contribution is -2.40. The summed E-state index contributed by atoms with van der Waals surface area (Å²) >= 11 is 0. The maximum atomic E-state index is 13.5. The molecule has 1 heterocycles. The highest BCUT2D eigenvalue weighted by molar-refractivity contribution is 7.62. The second kappa shape index (κ2) is 12.4. The van der Waals surface area contributed by atoms with E-state index in [0.29, 0.717) is 16.9 Å². The molecule has 0 atom stereocenters. The van der Waals surface area contributed by atoms with Crippen LogP contribution in [0.15, 0.2) is 36.4 Å². The van der Waals surface area contributed by atoms with Crippen molar-refractivity contribution in [2.24, 2.45) is 0 Å². The Kier molecular flexibility index (Phi) is 9.76. The second-order valence-corrected chi connectivity index (χ2v) is 11.6. The third-order valence-corrected chi connectivity index (χ3v) is 8.61. The highest BCUT2D eigenvalue weighted by Gasteiger charge is 2.30. The fourth-order valence-corrected chi connectivity index (χ4v) is 6.56. The zero-order chi connectivity index (χ0) is 26.5. The molecule has 1 aliphatic rings. The van der Waals surface area contributed by atoms with Crippen LogP contribution in [0.25, 0.3) is 11.1 Å². The normalized spacial score (nSPS) is 14.9. The molecule has 8 heteroatoms. The summed E-state index contributed by atoms with van der Waals surface area (Å²) in [6.45, 7) is 13.8. The van der Waals surface area contributed by atoms with E-state index in [1.54, 1.807) is 12.1 Å². The van der Waals surface area contributed by atoms with Gasteiger partial charge >= 0.3 is 13.6 Å². The molecular weight excluding hydrogens is 477 g/mol. The van der Waals surface area contributed by atoms with E-state index in [1.807, 2.05) is 52.8 Å². The van der Waals surface area contributed by atoms with E-state index < -0.39 is 7.60 Å².